The average Bonchev–Trinajstić information content (AvgIpc) is 3.01. The van der Waals surface area contributed by atoms with Gasteiger partial charge in [0.2, 0.25) is 0 Å². The van der Waals surface area contributed by atoms with E-state index in [-0.39, 0.29) is 17.5 Å². The molecule has 21 heavy (non-hydrogen) atoms. The van der Waals surface area contributed by atoms with E-state index in [2.05, 4.69) is 10.6 Å². The van der Waals surface area contributed by atoms with Gasteiger partial charge in [0.1, 0.15) is 0 Å². The van der Waals surface area contributed by atoms with Gasteiger partial charge < -0.3 is 20.2 Å². The van der Waals surface area contributed by atoms with Gasteiger partial charge in [-0.25, -0.2) is 0 Å². The topological polar surface area (TPSA) is 74.5 Å². The van der Waals surface area contributed by atoms with Crippen molar-refractivity contribution in [3.8, 4) is 0 Å². The van der Waals surface area contributed by atoms with Crippen LogP contribution in [0.15, 0.2) is 41.0 Å². The second-order valence-electron chi connectivity index (χ2n) is 4.32. The Bertz CT molecular complexity index is 602. The van der Waals surface area contributed by atoms with Crippen LogP contribution in [0, 0.1) is 0 Å². The lowest BCUT2D eigenvalue weighted by molar-refractivity contribution is 0.0996. The van der Waals surface area contributed by atoms with Crippen LogP contribution in [-0.4, -0.2) is 29.5 Å². The molecule has 0 aliphatic carbocycles. The molecule has 0 bridgehead atoms. The van der Waals surface area contributed by atoms with Crippen molar-refractivity contribution in [2.45, 2.75) is 6.10 Å². The van der Waals surface area contributed by atoms with Gasteiger partial charge >= 0.3 is 0 Å². The summed E-state index contributed by atoms with van der Waals surface area (Å²) >= 11 is 11.6. The van der Waals surface area contributed by atoms with Gasteiger partial charge in [0.05, 0.1) is 29.0 Å². The van der Waals surface area contributed by atoms with E-state index in [1.165, 1.54) is 6.26 Å². The van der Waals surface area contributed by atoms with Gasteiger partial charge in [-0.3, -0.25) is 4.79 Å². The van der Waals surface area contributed by atoms with Crippen molar-refractivity contribution in [3.63, 3.8) is 0 Å². The van der Waals surface area contributed by atoms with Gasteiger partial charge in [-0.05, 0) is 30.3 Å². The van der Waals surface area contributed by atoms with Gasteiger partial charge in [0.25, 0.3) is 5.91 Å². The molecule has 0 spiro atoms. The smallest absolute Gasteiger partial charge is 0.291 e. The summed E-state index contributed by atoms with van der Waals surface area (Å²) in [6, 6.07) is 8.25. The number of hydrogen-bond donors (Lipinski definition) is 3. The molecule has 0 radical (unpaired) electrons. The van der Waals surface area contributed by atoms with E-state index in [0.29, 0.717) is 17.3 Å². The van der Waals surface area contributed by atoms with Crippen LogP contribution in [0.4, 0.5) is 11.4 Å². The molecule has 1 aromatic heterocycles. The van der Waals surface area contributed by atoms with Gasteiger partial charge in [-0.15, -0.1) is 11.6 Å². The first kappa shape index (κ1) is 15.7. The van der Waals surface area contributed by atoms with E-state index >= 15 is 0 Å². The minimum absolute atomic E-state index is 0.151. The normalized spacial score (nSPS) is 12.0. The molecule has 1 aromatic carbocycles. The zero-order chi connectivity index (χ0) is 15.2. The molecule has 0 aliphatic heterocycles. The predicted octanol–water partition coefficient (Wildman–Crippen LogP) is 3.20. The number of hydrogen-bond acceptors (Lipinski definition) is 4. The van der Waals surface area contributed by atoms with E-state index < -0.39 is 6.10 Å². The lowest BCUT2D eigenvalue weighted by Crippen LogP contribution is -2.20. The highest BCUT2D eigenvalue weighted by molar-refractivity contribution is 6.34. The molecule has 2 rings (SSSR count). The molecule has 0 saturated heterocycles. The first-order valence-electron chi connectivity index (χ1n) is 6.22. The number of furan rings is 1. The van der Waals surface area contributed by atoms with Gasteiger partial charge in [-0.1, -0.05) is 11.6 Å². The molecule has 5 nitrogen and oxygen atoms in total. The van der Waals surface area contributed by atoms with Crippen molar-refractivity contribution < 1.29 is 14.3 Å². The fraction of sp³-hybridized carbons (Fsp3) is 0.214. The number of anilines is 2. The summed E-state index contributed by atoms with van der Waals surface area (Å²) in [5, 5.41) is 15.4. The SMILES string of the molecule is O=C(Nc1ccc(NCC(O)CCl)cc1Cl)c1ccco1. The summed E-state index contributed by atoms with van der Waals surface area (Å²) in [4.78, 5) is 11.8. The predicted molar refractivity (Wildman–Crippen MR) is 83.3 cm³/mol. The highest BCUT2D eigenvalue weighted by Gasteiger charge is 2.11. The number of aliphatic hydroxyl groups is 1. The summed E-state index contributed by atoms with van der Waals surface area (Å²) in [7, 11) is 0. The molecule has 7 heteroatoms. The molecule has 0 fully saturated rings. The van der Waals surface area contributed by atoms with E-state index in [1.54, 1.807) is 30.3 Å². The Kier molecular flexibility index (Phi) is 5.50. The Hall–Kier alpha value is -1.69. The highest BCUT2D eigenvalue weighted by atomic mass is 35.5. The third-order valence-corrected chi connectivity index (χ3v) is 3.35. The number of rotatable bonds is 6. The number of carbonyl (C=O) groups is 1. The number of benzene rings is 1. The largest absolute Gasteiger partial charge is 0.459 e. The summed E-state index contributed by atoms with van der Waals surface area (Å²) in [6.45, 7) is 0.317. The number of halogens is 2. The van der Waals surface area contributed by atoms with Crippen LogP contribution in [0.3, 0.4) is 0 Å². The molecular weight excluding hydrogens is 315 g/mol. The van der Waals surface area contributed by atoms with Crippen LogP contribution in [0.1, 0.15) is 10.6 Å². The molecule has 0 aliphatic rings. The van der Waals surface area contributed by atoms with Crippen LogP contribution in [0.25, 0.3) is 0 Å². The van der Waals surface area contributed by atoms with Crippen LogP contribution < -0.4 is 10.6 Å². The molecule has 1 unspecified atom stereocenters. The summed E-state index contributed by atoms with van der Waals surface area (Å²) in [6.07, 6.45) is 0.787. The minimum Gasteiger partial charge on any atom is -0.459 e. The Balaban J connectivity index is 2.00. The fourth-order valence-electron chi connectivity index (χ4n) is 1.61. The number of aliphatic hydroxyl groups excluding tert-OH is 1. The highest BCUT2D eigenvalue weighted by Crippen LogP contribution is 2.26. The van der Waals surface area contributed by atoms with E-state index in [4.69, 9.17) is 27.6 Å². The van der Waals surface area contributed by atoms with Crippen molar-refractivity contribution in [2.24, 2.45) is 0 Å². The maximum atomic E-state index is 11.8. The molecule has 1 heterocycles. The first-order chi connectivity index (χ1) is 10.1. The number of carbonyl (C=O) groups excluding carboxylic acids is 1. The van der Waals surface area contributed by atoms with Crippen LogP contribution in [0.2, 0.25) is 5.02 Å². The molecule has 1 amide bonds. The van der Waals surface area contributed by atoms with Gasteiger partial charge in [-0.2, -0.15) is 0 Å². The Morgan fingerprint density at radius 1 is 1.38 bits per heavy atom. The minimum atomic E-state index is -0.635. The van der Waals surface area contributed by atoms with Crippen molar-refractivity contribution in [1.82, 2.24) is 0 Å². The second-order valence-corrected chi connectivity index (χ2v) is 5.03. The maximum absolute atomic E-state index is 11.8. The number of alkyl halides is 1. The Labute approximate surface area is 131 Å². The molecule has 1 atom stereocenters. The monoisotopic (exact) mass is 328 g/mol. The second kappa shape index (κ2) is 7.36. The zero-order valence-electron chi connectivity index (χ0n) is 11.0. The molecule has 3 N–H and O–H groups in total. The lowest BCUT2D eigenvalue weighted by Gasteiger charge is -2.12. The van der Waals surface area contributed by atoms with Crippen LogP contribution in [0.5, 0.6) is 0 Å². The van der Waals surface area contributed by atoms with Crippen molar-refractivity contribution >= 4 is 40.5 Å². The standard InChI is InChI=1S/C14H14Cl2N2O3/c15-7-10(19)8-17-9-3-4-12(11(16)6-9)18-14(20)13-2-1-5-21-13/h1-6,10,17,19H,7-8H2,(H,18,20). The maximum Gasteiger partial charge on any atom is 0.291 e. The lowest BCUT2D eigenvalue weighted by atomic mass is 10.2. The van der Waals surface area contributed by atoms with Gasteiger partial charge in [0, 0.05) is 12.2 Å². The quantitative estimate of drug-likeness (QED) is 0.712. The molecule has 0 saturated carbocycles. The summed E-state index contributed by atoms with van der Waals surface area (Å²) < 4.78 is 5.00. The summed E-state index contributed by atoms with van der Waals surface area (Å²) in [5.41, 5.74) is 1.20. The fourth-order valence-corrected chi connectivity index (χ4v) is 1.95. The third-order valence-electron chi connectivity index (χ3n) is 2.68. The van der Waals surface area contributed by atoms with Crippen molar-refractivity contribution in [2.75, 3.05) is 23.1 Å². The van der Waals surface area contributed by atoms with Crippen LogP contribution in [-0.2, 0) is 0 Å². The molecule has 112 valence electrons. The van der Waals surface area contributed by atoms with Crippen molar-refractivity contribution in [3.05, 3.63) is 47.4 Å². The number of nitrogens with one attached hydrogen (secondary N) is 2. The molecular formula is C14H14Cl2N2O3. The first-order valence-corrected chi connectivity index (χ1v) is 7.13. The average molecular weight is 329 g/mol. The van der Waals surface area contributed by atoms with E-state index in [1.807, 2.05) is 0 Å². The zero-order valence-corrected chi connectivity index (χ0v) is 12.5. The van der Waals surface area contributed by atoms with Crippen LogP contribution >= 0.6 is 23.2 Å². The van der Waals surface area contributed by atoms with E-state index in [9.17, 15) is 9.90 Å². The number of amides is 1. The Morgan fingerprint density at radius 3 is 2.81 bits per heavy atom. The van der Waals surface area contributed by atoms with E-state index in [0.717, 1.165) is 5.69 Å². The van der Waals surface area contributed by atoms with Gasteiger partial charge in [0.15, 0.2) is 5.76 Å². The third kappa shape index (κ3) is 4.39. The Morgan fingerprint density at radius 2 is 2.19 bits per heavy atom. The molecule has 2 aromatic rings. The summed E-state index contributed by atoms with van der Waals surface area (Å²) in [5.74, 6) is -0.0171. The van der Waals surface area contributed by atoms with Crippen molar-refractivity contribution in [1.29, 1.82) is 0 Å².